The van der Waals surface area contributed by atoms with Crippen LogP contribution in [-0.4, -0.2) is 70.0 Å². The predicted molar refractivity (Wildman–Crippen MR) is 90.2 cm³/mol. The number of fused-ring (bicyclic) bond motifs is 1. The van der Waals surface area contributed by atoms with Gasteiger partial charge in [-0.05, 0) is 19.9 Å². The van der Waals surface area contributed by atoms with Crippen LogP contribution in [0.2, 0.25) is 0 Å². The Morgan fingerprint density at radius 3 is 2.70 bits per heavy atom. The molecule has 0 spiro atoms. The first kappa shape index (κ1) is 16.3. The first-order chi connectivity index (χ1) is 10.9. The highest BCUT2D eigenvalue weighted by atomic mass is 16.3. The van der Waals surface area contributed by atoms with Gasteiger partial charge in [-0.25, -0.2) is 0 Å². The molecule has 3 rings (SSSR count). The van der Waals surface area contributed by atoms with E-state index in [1.807, 2.05) is 23.1 Å². The highest BCUT2D eigenvalue weighted by Gasteiger charge is 2.43. The zero-order valence-electron chi connectivity index (χ0n) is 14.3. The van der Waals surface area contributed by atoms with Crippen LogP contribution in [0.25, 0.3) is 0 Å². The lowest BCUT2D eigenvalue weighted by atomic mass is 9.92. The Kier molecular flexibility index (Phi) is 4.34. The number of piperazine rings is 2. The molecule has 126 valence electrons. The standard InChI is InChI=1S/C18H27N3O2/c1-14(22)20-12-16-11-19(8-9-21(16)18(2,3)13-20)10-15-6-4-5-7-17(15)23/h4-7,16,23H,8-13H2,1-3H3/t16-/m0/s1. The van der Waals surface area contributed by atoms with E-state index in [0.717, 1.165) is 44.8 Å². The first-order valence-electron chi connectivity index (χ1n) is 8.38. The van der Waals surface area contributed by atoms with Gasteiger partial charge < -0.3 is 10.0 Å². The summed E-state index contributed by atoms with van der Waals surface area (Å²) in [6.45, 7) is 11.4. The third-order valence-electron chi connectivity index (χ3n) is 5.18. The second kappa shape index (κ2) is 6.13. The number of phenolic OH excluding ortho intramolecular Hbond substituents is 1. The van der Waals surface area contributed by atoms with Crippen LogP contribution >= 0.6 is 0 Å². The molecule has 0 aromatic heterocycles. The average molecular weight is 317 g/mol. The maximum atomic E-state index is 11.8. The van der Waals surface area contributed by atoms with Crippen LogP contribution in [0.5, 0.6) is 5.75 Å². The summed E-state index contributed by atoms with van der Waals surface area (Å²) in [4.78, 5) is 18.8. The lowest BCUT2D eigenvalue weighted by molar-refractivity contribution is -0.139. The Balaban J connectivity index is 1.71. The molecule has 2 saturated heterocycles. The Labute approximate surface area is 138 Å². The molecule has 5 nitrogen and oxygen atoms in total. The second-order valence-electron chi connectivity index (χ2n) is 7.42. The van der Waals surface area contributed by atoms with Crippen molar-refractivity contribution in [1.82, 2.24) is 14.7 Å². The van der Waals surface area contributed by atoms with Crippen molar-refractivity contribution in [3.05, 3.63) is 29.8 Å². The van der Waals surface area contributed by atoms with E-state index >= 15 is 0 Å². The van der Waals surface area contributed by atoms with Crippen molar-refractivity contribution in [3.8, 4) is 5.75 Å². The smallest absolute Gasteiger partial charge is 0.219 e. The van der Waals surface area contributed by atoms with Crippen LogP contribution in [-0.2, 0) is 11.3 Å². The minimum absolute atomic E-state index is 0.0234. The van der Waals surface area contributed by atoms with Crippen LogP contribution in [0.4, 0.5) is 0 Å². The van der Waals surface area contributed by atoms with Crippen molar-refractivity contribution in [2.75, 3.05) is 32.7 Å². The molecule has 2 aliphatic heterocycles. The van der Waals surface area contributed by atoms with Crippen LogP contribution < -0.4 is 0 Å². The molecule has 0 radical (unpaired) electrons. The van der Waals surface area contributed by atoms with Gasteiger partial charge in [0.05, 0.1) is 0 Å². The molecular weight excluding hydrogens is 290 g/mol. The molecule has 23 heavy (non-hydrogen) atoms. The minimum Gasteiger partial charge on any atom is -0.508 e. The van der Waals surface area contributed by atoms with E-state index in [2.05, 4.69) is 23.6 Å². The number of hydrogen-bond acceptors (Lipinski definition) is 4. The van der Waals surface area contributed by atoms with E-state index in [4.69, 9.17) is 0 Å². The van der Waals surface area contributed by atoms with Gasteiger partial charge in [-0.2, -0.15) is 0 Å². The lowest BCUT2D eigenvalue weighted by Crippen LogP contribution is -2.70. The number of para-hydroxylation sites is 1. The van der Waals surface area contributed by atoms with Gasteiger partial charge in [0.2, 0.25) is 5.91 Å². The summed E-state index contributed by atoms with van der Waals surface area (Å²) in [5.74, 6) is 0.528. The summed E-state index contributed by atoms with van der Waals surface area (Å²) in [6.07, 6.45) is 0. The van der Waals surface area contributed by atoms with Gasteiger partial charge in [-0.15, -0.1) is 0 Å². The Bertz CT molecular complexity index is 587. The highest BCUT2D eigenvalue weighted by Crippen LogP contribution is 2.29. The molecule has 1 atom stereocenters. The summed E-state index contributed by atoms with van der Waals surface area (Å²) >= 11 is 0. The number of phenols is 1. The van der Waals surface area contributed by atoms with Crippen molar-refractivity contribution in [3.63, 3.8) is 0 Å². The lowest BCUT2D eigenvalue weighted by Gasteiger charge is -2.55. The topological polar surface area (TPSA) is 47.0 Å². The van der Waals surface area contributed by atoms with Crippen LogP contribution in [0.1, 0.15) is 26.3 Å². The normalized spacial score (nSPS) is 25.2. The fraction of sp³-hybridized carbons (Fsp3) is 0.611. The fourth-order valence-corrected chi connectivity index (χ4v) is 4.02. The number of aromatic hydroxyl groups is 1. The molecule has 0 aliphatic carbocycles. The van der Waals surface area contributed by atoms with E-state index in [0.29, 0.717) is 11.8 Å². The molecule has 5 heteroatoms. The molecule has 1 N–H and O–H groups in total. The summed E-state index contributed by atoms with van der Waals surface area (Å²) in [7, 11) is 0. The van der Waals surface area contributed by atoms with Gasteiger partial charge in [0.1, 0.15) is 5.75 Å². The van der Waals surface area contributed by atoms with Gasteiger partial charge in [0.15, 0.2) is 0 Å². The number of rotatable bonds is 2. The molecule has 1 aromatic rings. The Hall–Kier alpha value is -1.59. The monoisotopic (exact) mass is 317 g/mol. The highest BCUT2D eigenvalue weighted by molar-refractivity contribution is 5.73. The molecule has 0 unspecified atom stereocenters. The molecule has 2 fully saturated rings. The number of nitrogens with zero attached hydrogens (tertiary/aromatic N) is 3. The number of benzene rings is 1. The van der Waals surface area contributed by atoms with Crippen LogP contribution in [0.15, 0.2) is 24.3 Å². The van der Waals surface area contributed by atoms with Crippen molar-refractivity contribution in [1.29, 1.82) is 0 Å². The van der Waals surface area contributed by atoms with E-state index in [9.17, 15) is 9.90 Å². The molecule has 2 heterocycles. The summed E-state index contributed by atoms with van der Waals surface area (Å²) in [5.41, 5.74) is 0.995. The minimum atomic E-state index is 0.0234. The van der Waals surface area contributed by atoms with Gasteiger partial charge >= 0.3 is 0 Å². The quantitative estimate of drug-likeness (QED) is 0.898. The number of amides is 1. The van der Waals surface area contributed by atoms with Crippen molar-refractivity contribution < 1.29 is 9.90 Å². The van der Waals surface area contributed by atoms with Gasteiger partial charge in [0.25, 0.3) is 0 Å². The third kappa shape index (κ3) is 3.35. The largest absolute Gasteiger partial charge is 0.508 e. The molecular formula is C18H27N3O2. The number of carbonyl (C=O) groups is 1. The van der Waals surface area contributed by atoms with Gasteiger partial charge in [-0.1, -0.05) is 18.2 Å². The predicted octanol–water partition coefficient (Wildman–Crippen LogP) is 1.52. The van der Waals surface area contributed by atoms with E-state index in [1.165, 1.54) is 0 Å². The number of carbonyl (C=O) groups excluding carboxylic acids is 1. The Morgan fingerprint density at radius 2 is 2.00 bits per heavy atom. The zero-order valence-corrected chi connectivity index (χ0v) is 14.3. The third-order valence-corrected chi connectivity index (χ3v) is 5.18. The Morgan fingerprint density at radius 1 is 1.26 bits per heavy atom. The van der Waals surface area contributed by atoms with Crippen molar-refractivity contribution in [2.45, 2.75) is 38.9 Å². The molecule has 1 aromatic carbocycles. The van der Waals surface area contributed by atoms with E-state index in [1.54, 1.807) is 13.0 Å². The van der Waals surface area contributed by atoms with Gasteiger partial charge in [-0.3, -0.25) is 14.6 Å². The number of hydrogen-bond donors (Lipinski definition) is 1. The first-order valence-corrected chi connectivity index (χ1v) is 8.38. The molecule has 1 amide bonds. The maximum absolute atomic E-state index is 11.8. The SMILES string of the molecule is CC(=O)N1C[C@@H]2CN(Cc3ccccc3O)CCN2C(C)(C)C1. The maximum Gasteiger partial charge on any atom is 0.219 e. The van der Waals surface area contributed by atoms with E-state index < -0.39 is 0 Å². The van der Waals surface area contributed by atoms with E-state index in [-0.39, 0.29) is 11.4 Å². The van der Waals surface area contributed by atoms with Crippen molar-refractivity contribution in [2.24, 2.45) is 0 Å². The molecule has 0 bridgehead atoms. The van der Waals surface area contributed by atoms with Crippen LogP contribution in [0.3, 0.4) is 0 Å². The van der Waals surface area contributed by atoms with Gasteiger partial charge in [0, 0.05) is 63.3 Å². The average Bonchev–Trinajstić information content (AvgIpc) is 2.48. The summed E-state index contributed by atoms with van der Waals surface area (Å²) in [6, 6.07) is 7.90. The fourth-order valence-electron chi connectivity index (χ4n) is 4.02. The second-order valence-corrected chi connectivity index (χ2v) is 7.42. The van der Waals surface area contributed by atoms with Crippen molar-refractivity contribution >= 4 is 5.91 Å². The molecule has 0 saturated carbocycles. The van der Waals surface area contributed by atoms with Crippen LogP contribution in [0, 0.1) is 0 Å². The summed E-state index contributed by atoms with van der Waals surface area (Å²) in [5, 5.41) is 9.98. The summed E-state index contributed by atoms with van der Waals surface area (Å²) < 4.78 is 0. The molecule has 2 aliphatic rings. The zero-order chi connectivity index (χ0) is 16.6.